The maximum absolute atomic E-state index is 12.5. The molecule has 0 bridgehead atoms. The highest BCUT2D eigenvalue weighted by molar-refractivity contribution is 7.99. The number of hydrogen-bond acceptors (Lipinski definition) is 4. The molecule has 1 aliphatic rings. The zero-order valence-electron chi connectivity index (χ0n) is 14.5. The van der Waals surface area contributed by atoms with Crippen molar-refractivity contribution in [1.82, 2.24) is 19.7 Å². The first-order valence-electron chi connectivity index (χ1n) is 8.46. The second-order valence-electron chi connectivity index (χ2n) is 6.49. The number of thioether (sulfide) groups is 1. The molecule has 1 amide bonds. The first-order valence-corrected chi connectivity index (χ1v) is 9.44. The first-order chi connectivity index (χ1) is 11.6. The van der Waals surface area contributed by atoms with Crippen molar-refractivity contribution in [2.45, 2.75) is 51.2 Å². The fourth-order valence-corrected chi connectivity index (χ4v) is 3.95. The largest absolute Gasteiger partial charge is 0.339 e. The minimum absolute atomic E-state index is 0.197. The summed E-state index contributed by atoms with van der Waals surface area (Å²) < 4.78 is 1.97. The molecule has 0 N–H and O–H groups in total. The highest BCUT2D eigenvalue weighted by atomic mass is 32.2. The molecule has 0 aliphatic carbocycles. The van der Waals surface area contributed by atoms with Gasteiger partial charge in [-0.05, 0) is 57.2 Å². The molecule has 24 heavy (non-hydrogen) atoms. The van der Waals surface area contributed by atoms with Crippen LogP contribution in [-0.4, -0.2) is 43.9 Å². The van der Waals surface area contributed by atoms with Crippen LogP contribution >= 0.6 is 11.8 Å². The van der Waals surface area contributed by atoms with Gasteiger partial charge in [0.25, 0.3) is 0 Å². The second kappa shape index (κ2) is 7.38. The smallest absolute Gasteiger partial charge is 0.233 e. The summed E-state index contributed by atoms with van der Waals surface area (Å²) >= 11 is 1.47. The van der Waals surface area contributed by atoms with Crippen LogP contribution in [0.5, 0.6) is 0 Å². The predicted molar refractivity (Wildman–Crippen MR) is 96.6 cm³/mol. The van der Waals surface area contributed by atoms with Gasteiger partial charge in [0.15, 0.2) is 5.16 Å². The molecule has 128 valence electrons. The zero-order valence-corrected chi connectivity index (χ0v) is 15.3. The van der Waals surface area contributed by atoms with Gasteiger partial charge in [0.05, 0.1) is 11.4 Å². The lowest BCUT2D eigenvalue weighted by atomic mass is 10.0. The summed E-state index contributed by atoms with van der Waals surface area (Å²) in [5.74, 6) is 0.608. The Morgan fingerprint density at radius 2 is 2.17 bits per heavy atom. The molecule has 1 unspecified atom stereocenters. The third-order valence-corrected chi connectivity index (χ3v) is 5.52. The predicted octanol–water partition coefficient (Wildman–Crippen LogP) is 3.38. The van der Waals surface area contributed by atoms with Crippen LogP contribution in [0.2, 0.25) is 0 Å². The average molecular weight is 344 g/mol. The van der Waals surface area contributed by atoms with Gasteiger partial charge in [0, 0.05) is 12.6 Å². The summed E-state index contributed by atoms with van der Waals surface area (Å²) in [6, 6.07) is 6.66. The van der Waals surface area contributed by atoms with Crippen LogP contribution in [0.3, 0.4) is 0 Å². The molecule has 1 aromatic heterocycles. The van der Waals surface area contributed by atoms with Gasteiger partial charge in [-0.3, -0.25) is 9.36 Å². The Balaban J connectivity index is 1.72. The van der Waals surface area contributed by atoms with E-state index in [1.54, 1.807) is 6.33 Å². The third-order valence-electron chi connectivity index (χ3n) is 4.59. The standard InChI is InChI=1S/C18H24N4OS/c1-13-7-8-14(2)16(10-13)22-12-19-20-18(22)24-11-17(23)21-9-5-4-6-15(21)3/h7-8,10,12,15H,4-6,9,11H2,1-3H3. The van der Waals surface area contributed by atoms with Crippen molar-refractivity contribution in [2.24, 2.45) is 0 Å². The maximum atomic E-state index is 12.5. The number of carbonyl (C=O) groups excluding carboxylic acids is 1. The number of amides is 1. The van der Waals surface area contributed by atoms with Crippen LogP contribution in [0.25, 0.3) is 5.69 Å². The Kier molecular flexibility index (Phi) is 5.23. The molecule has 5 nitrogen and oxygen atoms in total. The Hall–Kier alpha value is -1.82. The Morgan fingerprint density at radius 3 is 2.96 bits per heavy atom. The number of benzene rings is 1. The number of rotatable bonds is 4. The van der Waals surface area contributed by atoms with Crippen LogP contribution in [0.4, 0.5) is 0 Å². The average Bonchev–Trinajstić information content (AvgIpc) is 3.03. The molecule has 0 spiro atoms. The Morgan fingerprint density at radius 1 is 1.33 bits per heavy atom. The van der Waals surface area contributed by atoms with Gasteiger partial charge in [-0.1, -0.05) is 23.9 Å². The van der Waals surface area contributed by atoms with E-state index in [0.29, 0.717) is 11.8 Å². The summed E-state index contributed by atoms with van der Waals surface area (Å²) in [5.41, 5.74) is 3.43. The van der Waals surface area contributed by atoms with Gasteiger partial charge < -0.3 is 4.90 Å². The number of nitrogens with zero attached hydrogens (tertiary/aromatic N) is 4. The van der Waals surface area contributed by atoms with Crippen molar-refractivity contribution in [3.05, 3.63) is 35.7 Å². The molecule has 1 fully saturated rings. The monoisotopic (exact) mass is 344 g/mol. The topological polar surface area (TPSA) is 51.0 Å². The molecule has 1 aliphatic heterocycles. The fourth-order valence-electron chi connectivity index (χ4n) is 3.14. The van der Waals surface area contributed by atoms with Gasteiger partial charge in [-0.2, -0.15) is 0 Å². The molecule has 1 atom stereocenters. The van der Waals surface area contributed by atoms with Crippen molar-refractivity contribution < 1.29 is 4.79 Å². The molecule has 0 radical (unpaired) electrons. The maximum Gasteiger partial charge on any atom is 0.233 e. The van der Waals surface area contributed by atoms with Crippen molar-refractivity contribution in [3.63, 3.8) is 0 Å². The van der Waals surface area contributed by atoms with Crippen molar-refractivity contribution in [2.75, 3.05) is 12.3 Å². The van der Waals surface area contributed by atoms with E-state index in [1.807, 2.05) is 9.47 Å². The molecule has 0 saturated carbocycles. The van der Waals surface area contributed by atoms with Crippen LogP contribution in [-0.2, 0) is 4.79 Å². The van der Waals surface area contributed by atoms with E-state index < -0.39 is 0 Å². The second-order valence-corrected chi connectivity index (χ2v) is 7.44. The van der Waals surface area contributed by atoms with Crippen LogP contribution in [0.1, 0.15) is 37.3 Å². The molecule has 1 saturated heterocycles. The van der Waals surface area contributed by atoms with Gasteiger partial charge >= 0.3 is 0 Å². The Labute approximate surface area is 147 Å². The summed E-state index contributed by atoms with van der Waals surface area (Å²) in [5, 5.41) is 9.01. The summed E-state index contributed by atoms with van der Waals surface area (Å²) in [6.07, 6.45) is 5.16. The van der Waals surface area contributed by atoms with E-state index in [2.05, 4.69) is 49.2 Å². The van der Waals surface area contributed by atoms with Gasteiger partial charge in [-0.25, -0.2) is 0 Å². The van der Waals surface area contributed by atoms with E-state index in [4.69, 9.17) is 0 Å². The van der Waals surface area contributed by atoms with Crippen molar-refractivity contribution in [3.8, 4) is 5.69 Å². The molecule has 2 aromatic rings. The van der Waals surface area contributed by atoms with Gasteiger partial charge in [-0.15, -0.1) is 10.2 Å². The quantitative estimate of drug-likeness (QED) is 0.798. The van der Waals surface area contributed by atoms with E-state index in [-0.39, 0.29) is 5.91 Å². The number of likely N-dealkylation sites (tertiary alicyclic amines) is 1. The lowest BCUT2D eigenvalue weighted by Crippen LogP contribution is -2.42. The molecule has 2 heterocycles. The number of piperidine rings is 1. The first kappa shape index (κ1) is 17.0. The van der Waals surface area contributed by atoms with E-state index >= 15 is 0 Å². The van der Waals surface area contributed by atoms with Crippen LogP contribution in [0.15, 0.2) is 29.7 Å². The number of carbonyl (C=O) groups is 1. The number of hydrogen-bond donors (Lipinski definition) is 0. The van der Waals surface area contributed by atoms with E-state index in [0.717, 1.165) is 30.2 Å². The summed E-state index contributed by atoms with van der Waals surface area (Å²) in [7, 11) is 0. The SMILES string of the molecule is Cc1ccc(C)c(-n2cnnc2SCC(=O)N2CCCCC2C)c1. The minimum atomic E-state index is 0.197. The van der Waals surface area contributed by atoms with Gasteiger partial charge in [0.2, 0.25) is 5.91 Å². The van der Waals surface area contributed by atoms with Crippen molar-refractivity contribution >= 4 is 17.7 Å². The van der Waals surface area contributed by atoms with Crippen LogP contribution in [0, 0.1) is 13.8 Å². The molecular weight excluding hydrogens is 320 g/mol. The van der Waals surface area contributed by atoms with Crippen molar-refractivity contribution in [1.29, 1.82) is 0 Å². The highest BCUT2D eigenvalue weighted by Gasteiger charge is 2.23. The summed E-state index contributed by atoms with van der Waals surface area (Å²) in [6.45, 7) is 7.16. The zero-order chi connectivity index (χ0) is 17.1. The lowest BCUT2D eigenvalue weighted by Gasteiger charge is -2.33. The molecule has 1 aromatic carbocycles. The van der Waals surface area contributed by atoms with Gasteiger partial charge in [0.1, 0.15) is 6.33 Å². The highest BCUT2D eigenvalue weighted by Crippen LogP contribution is 2.24. The lowest BCUT2D eigenvalue weighted by molar-refractivity contribution is -0.131. The summed E-state index contributed by atoms with van der Waals surface area (Å²) in [4.78, 5) is 14.5. The van der Waals surface area contributed by atoms with Crippen LogP contribution < -0.4 is 0 Å². The van der Waals surface area contributed by atoms with E-state index in [1.165, 1.54) is 29.3 Å². The normalized spacial score (nSPS) is 18.0. The number of aryl methyl sites for hydroxylation is 2. The minimum Gasteiger partial charge on any atom is -0.339 e. The van der Waals surface area contributed by atoms with E-state index in [9.17, 15) is 4.79 Å². The number of aromatic nitrogens is 3. The molecular formula is C18H24N4OS. The molecule has 6 heteroatoms. The molecule has 3 rings (SSSR count). The fraction of sp³-hybridized carbons (Fsp3) is 0.500. The Bertz CT molecular complexity index is 728. The third kappa shape index (κ3) is 3.64.